The van der Waals surface area contributed by atoms with Crippen LogP contribution in [0.25, 0.3) is 0 Å². The van der Waals surface area contributed by atoms with Crippen LogP contribution in [0.4, 0.5) is 5.69 Å². The maximum atomic E-state index is 13.6. The Morgan fingerprint density at radius 1 is 0.292 bits per heavy atom. The third-order valence-electron chi connectivity index (χ3n) is 15.5. The van der Waals surface area contributed by atoms with Crippen LogP contribution in [0.5, 0.6) is 0 Å². The van der Waals surface area contributed by atoms with Crippen molar-refractivity contribution in [1.29, 1.82) is 0 Å². The molecule has 0 fully saturated rings. The third-order valence-corrected chi connectivity index (χ3v) is 15.5. The molecule has 15 rings (SSSR count). The number of nitrogen functional groups attached to an aromatic ring is 1. The zero-order valence-corrected chi connectivity index (χ0v) is 50.4. The van der Waals surface area contributed by atoms with E-state index in [0.29, 0.717) is 34.2 Å². The Balaban J connectivity index is 0.000000146. The molecule has 3 heterocycles. The second-order valence-electron chi connectivity index (χ2n) is 21.5. The fourth-order valence-corrected chi connectivity index (χ4v) is 10.9. The first-order valence-corrected chi connectivity index (χ1v) is 29.5. The number of Topliss-reactive ketones (excluding diaryl/α,β-unsaturated/α-hetero) is 4. The Hall–Kier alpha value is -13.3. The monoisotopic (exact) mass is 1260 g/mol. The maximum absolute atomic E-state index is 13.6. The van der Waals surface area contributed by atoms with E-state index in [4.69, 9.17) is 5.73 Å². The number of cyclic esters (lactones) is 6. The van der Waals surface area contributed by atoms with Gasteiger partial charge in [0.15, 0.2) is 23.1 Å². The summed E-state index contributed by atoms with van der Waals surface area (Å²) in [5.74, 6) is 10.9. The van der Waals surface area contributed by atoms with Crippen molar-refractivity contribution in [2.24, 2.45) is 11.1 Å². The second-order valence-corrected chi connectivity index (χ2v) is 21.5. The zero-order valence-electron chi connectivity index (χ0n) is 50.4. The Bertz CT molecular complexity index is 4930. The smallest absolute Gasteiger partial charge is 0.347 e. The number of carbonyl (C=O) groups excluding carboxylic acids is 10. The van der Waals surface area contributed by atoms with Crippen LogP contribution in [-0.4, -0.2) is 66.0 Å². The maximum Gasteiger partial charge on any atom is 0.347 e. The zero-order chi connectivity index (χ0) is 66.8. The second kappa shape index (κ2) is 28.9. The fraction of sp³-hybridized carbons (Fsp3) is 0.0617. The van der Waals surface area contributed by atoms with E-state index in [2.05, 4.69) is 85.8 Å². The summed E-state index contributed by atoms with van der Waals surface area (Å²) in [6, 6.07) is 70.3. The molecule has 3 aliphatic heterocycles. The summed E-state index contributed by atoms with van der Waals surface area (Å²) in [7, 11) is 1.50. The molecule has 5 aliphatic rings. The van der Waals surface area contributed by atoms with E-state index in [1.54, 1.807) is 54.6 Å². The van der Waals surface area contributed by atoms with Crippen LogP contribution in [-0.2, 0) is 27.1 Å². The minimum Gasteiger partial charge on any atom is -0.399 e. The number of hydrogen-bond acceptors (Lipinski definition) is 15. The number of nitrogens with two attached hydrogens (primary N) is 2. The van der Waals surface area contributed by atoms with Gasteiger partial charge in [-0.1, -0.05) is 158 Å². The molecule has 0 bridgehead atoms. The van der Waals surface area contributed by atoms with Gasteiger partial charge >= 0.3 is 35.8 Å². The van der Waals surface area contributed by atoms with Crippen LogP contribution < -0.4 is 11.5 Å². The quantitative estimate of drug-likeness (QED) is 0.0546. The first-order chi connectivity index (χ1) is 46.1. The number of benzene rings is 10. The van der Waals surface area contributed by atoms with Crippen molar-refractivity contribution in [1.82, 2.24) is 0 Å². The highest BCUT2D eigenvalue weighted by atomic mass is 16.6. The number of ketones is 4. The van der Waals surface area contributed by atoms with Crippen molar-refractivity contribution in [2.45, 2.75) is 20.3 Å². The lowest BCUT2D eigenvalue weighted by atomic mass is 9.78. The molecule has 10 aromatic carbocycles. The SMILES string of the molecule is C.CN.Nc1cccc(Cc2ccccc2)c1.O=C1OC(=O)c2cc(C#Cc3ccccc3)ccc21.O=C1OC(=O)c2cc(Cc3cccc4c3C(=O)OC4=O)ccc21.O=C1c2ccc(C#Cc3ccccc3)cc2C(=O)C12C(=O)c1ccc(C#Cc3ccccc3)cc1C2=O. The van der Waals surface area contributed by atoms with Gasteiger partial charge in [-0.05, 0) is 163 Å². The molecule has 0 radical (unpaired) electrons. The van der Waals surface area contributed by atoms with Crippen LogP contribution in [0.2, 0.25) is 0 Å². The number of esters is 6. The third kappa shape index (κ3) is 13.7. The highest BCUT2D eigenvalue weighted by Crippen LogP contribution is 2.47. The molecule has 4 N–H and O–H groups in total. The van der Waals surface area contributed by atoms with Gasteiger partial charge in [-0.25, -0.2) is 28.8 Å². The van der Waals surface area contributed by atoms with Crippen LogP contribution in [0.1, 0.15) is 167 Å². The van der Waals surface area contributed by atoms with E-state index in [1.165, 1.54) is 54.6 Å². The number of fused-ring (bicyclic) bond motifs is 5. The summed E-state index contributed by atoms with van der Waals surface area (Å²) < 4.78 is 13.7. The van der Waals surface area contributed by atoms with Crippen molar-refractivity contribution in [2.75, 3.05) is 12.8 Å². The minimum absolute atomic E-state index is 0. The summed E-state index contributed by atoms with van der Waals surface area (Å²) in [4.78, 5) is 123. The lowest BCUT2D eigenvalue weighted by Gasteiger charge is -2.14. The molecule has 1 spiro atoms. The average Bonchev–Trinajstić information content (AvgIpc) is 1.54. The lowest BCUT2D eigenvalue weighted by Crippen LogP contribution is -2.44. The van der Waals surface area contributed by atoms with Gasteiger partial charge < -0.3 is 25.7 Å². The number of hydrogen-bond donors (Lipinski definition) is 2. The highest BCUT2D eigenvalue weighted by Gasteiger charge is 2.67. The molecule has 10 aromatic rings. The minimum atomic E-state index is -2.40. The number of ether oxygens (including phenoxy) is 3. The molecule has 15 heteroatoms. The fourth-order valence-electron chi connectivity index (χ4n) is 10.9. The molecule has 96 heavy (non-hydrogen) atoms. The summed E-state index contributed by atoms with van der Waals surface area (Å²) in [5.41, 5.74) is 18.5. The van der Waals surface area contributed by atoms with E-state index in [0.717, 1.165) is 34.4 Å². The Kier molecular flexibility index (Phi) is 19.8. The van der Waals surface area contributed by atoms with E-state index >= 15 is 0 Å². The Morgan fingerprint density at radius 3 is 1.12 bits per heavy atom. The van der Waals surface area contributed by atoms with Gasteiger partial charge in [-0.2, -0.15) is 0 Å². The molecule has 0 unspecified atom stereocenters. The van der Waals surface area contributed by atoms with Gasteiger partial charge in [-0.15, -0.1) is 0 Å². The molecule has 0 saturated heterocycles. The number of anilines is 1. The highest BCUT2D eigenvalue weighted by molar-refractivity contribution is 6.57. The summed E-state index contributed by atoms with van der Waals surface area (Å²) in [6.45, 7) is 0. The van der Waals surface area contributed by atoms with Gasteiger partial charge in [0, 0.05) is 61.3 Å². The standard InChI is InChI=1S/C33H16O4.C17H8O6.C16H8O3.C13H13N.CH5N.CH4/c34-29-25-17-15-23(13-11-21-7-3-1-4-8-21)19-27(25)31(36)33(29)30(35)26-18-16-24(20-28(26)32(33)37)14-12-22-9-5-2-6-10-22;18-14-10-5-4-8(7-12(10)16(20)22-14)6-9-2-1-3-11-13(9)17(21)23-15(11)19;17-15-13-9-8-12(10-14(13)16(18)19-15)7-6-11-4-2-1-3-5-11;14-13-8-4-7-12(10-13)9-11-5-2-1-3-6-11;1-2;/h1-10,15-20H;1-5,7H,6H2;1-5,8-10H;1-8,10H,9,14H2;2H2,1H3;1H4. The molecule has 0 saturated carbocycles. The molecule has 2 aliphatic carbocycles. The van der Waals surface area contributed by atoms with Crippen molar-refractivity contribution in [3.8, 4) is 35.5 Å². The predicted octanol–water partition coefficient (Wildman–Crippen LogP) is 12.3. The van der Waals surface area contributed by atoms with E-state index in [9.17, 15) is 47.9 Å². The first kappa shape index (κ1) is 65.7. The molecular weight excluding hydrogens is 1210 g/mol. The molecule has 0 amide bonds. The van der Waals surface area contributed by atoms with Gasteiger partial charge in [0.05, 0.1) is 33.4 Å². The van der Waals surface area contributed by atoms with E-state index < -0.39 is 64.4 Å². The molecule has 0 atom stereocenters. The van der Waals surface area contributed by atoms with Crippen LogP contribution in [0.3, 0.4) is 0 Å². The van der Waals surface area contributed by atoms with Crippen molar-refractivity contribution in [3.05, 3.63) is 348 Å². The summed E-state index contributed by atoms with van der Waals surface area (Å²) in [6.07, 6.45) is 1.27. The topological polar surface area (TPSA) is 250 Å². The van der Waals surface area contributed by atoms with Crippen molar-refractivity contribution >= 4 is 64.6 Å². The number of rotatable bonds is 4. The molecular formula is C81H54N2O13. The van der Waals surface area contributed by atoms with E-state index in [1.807, 2.05) is 115 Å². The molecule has 0 aromatic heterocycles. The Labute approximate surface area is 551 Å². The number of carbonyl (C=O) groups is 10. The summed E-state index contributed by atoms with van der Waals surface area (Å²) >= 11 is 0. The normalized spacial score (nSPS) is 13.2. The van der Waals surface area contributed by atoms with Crippen LogP contribution >= 0.6 is 0 Å². The lowest BCUT2D eigenvalue weighted by molar-refractivity contribution is 0.0425. The van der Waals surface area contributed by atoms with Gasteiger partial charge in [0.25, 0.3) is 0 Å². The van der Waals surface area contributed by atoms with Gasteiger partial charge in [0.1, 0.15) is 0 Å². The van der Waals surface area contributed by atoms with Crippen molar-refractivity contribution in [3.63, 3.8) is 0 Å². The predicted molar refractivity (Wildman–Crippen MR) is 358 cm³/mol. The van der Waals surface area contributed by atoms with Crippen LogP contribution in [0.15, 0.2) is 237 Å². The van der Waals surface area contributed by atoms with Gasteiger partial charge in [0.2, 0.25) is 5.41 Å². The average molecular weight is 1260 g/mol. The van der Waals surface area contributed by atoms with Gasteiger partial charge in [-0.3, -0.25) is 19.2 Å². The van der Waals surface area contributed by atoms with E-state index in [-0.39, 0.29) is 57.5 Å². The Morgan fingerprint density at radius 2 is 0.646 bits per heavy atom. The molecule has 15 nitrogen and oxygen atoms in total. The summed E-state index contributed by atoms with van der Waals surface area (Å²) in [5, 5.41) is 0. The van der Waals surface area contributed by atoms with Crippen LogP contribution in [0, 0.1) is 40.9 Å². The van der Waals surface area contributed by atoms with Crippen molar-refractivity contribution < 1.29 is 62.2 Å². The first-order valence-electron chi connectivity index (χ1n) is 29.5. The largest absolute Gasteiger partial charge is 0.399 e. The molecule has 466 valence electrons.